The highest BCUT2D eigenvalue weighted by Crippen LogP contribution is 2.24. The molecule has 2 N–H and O–H groups in total. The maximum absolute atomic E-state index is 10.7. The zero-order valence-corrected chi connectivity index (χ0v) is 11.9. The Bertz CT molecular complexity index is 438. The average Bonchev–Trinajstić information content (AvgIpc) is 2.30. The van der Waals surface area contributed by atoms with Crippen molar-refractivity contribution in [2.45, 2.75) is 32.9 Å². The van der Waals surface area contributed by atoms with E-state index in [1.165, 1.54) is 12.1 Å². The van der Waals surface area contributed by atoms with Crippen molar-refractivity contribution in [1.29, 1.82) is 0 Å². The molecule has 1 aromatic carbocycles. The summed E-state index contributed by atoms with van der Waals surface area (Å²) in [4.78, 5) is 10.2. The Morgan fingerprint density at radius 3 is 2.74 bits per heavy atom. The fourth-order valence-electron chi connectivity index (χ4n) is 1.82. The number of nitro groups is 1. The summed E-state index contributed by atoms with van der Waals surface area (Å²) in [5.74, 6) is 0.438. The number of hydrogen-bond acceptors (Lipinski definition) is 4. The van der Waals surface area contributed by atoms with Crippen LogP contribution in [0.15, 0.2) is 18.2 Å². The zero-order chi connectivity index (χ0) is 14.4. The average molecular weight is 287 g/mol. The molecule has 0 aliphatic rings. The Balaban J connectivity index is 2.50. The normalized spacial score (nSPS) is 12.7. The second-order valence-corrected chi connectivity index (χ2v) is 5.36. The van der Waals surface area contributed by atoms with Crippen LogP contribution in [-0.2, 0) is 6.54 Å². The number of rotatable bonds is 7. The van der Waals surface area contributed by atoms with Gasteiger partial charge < -0.3 is 10.4 Å². The summed E-state index contributed by atoms with van der Waals surface area (Å²) in [5, 5.41) is 23.6. The predicted molar refractivity (Wildman–Crippen MR) is 75.3 cm³/mol. The monoisotopic (exact) mass is 286 g/mol. The Hall–Kier alpha value is -1.17. The van der Waals surface area contributed by atoms with E-state index in [4.69, 9.17) is 11.6 Å². The van der Waals surface area contributed by atoms with Crippen LogP contribution in [0.1, 0.15) is 25.8 Å². The van der Waals surface area contributed by atoms with Crippen LogP contribution in [0, 0.1) is 16.0 Å². The molecule has 0 heterocycles. The van der Waals surface area contributed by atoms with Gasteiger partial charge in [-0.25, -0.2) is 0 Å². The lowest BCUT2D eigenvalue weighted by Gasteiger charge is -2.13. The van der Waals surface area contributed by atoms with Crippen molar-refractivity contribution in [2.24, 2.45) is 5.92 Å². The molecule has 0 saturated carbocycles. The highest BCUT2D eigenvalue weighted by atomic mass is 35.5. The first-order valence-corrected chi connectivity index (χ1v) is 6.59. The molecule has 1 rings (SSSR count). The maximum Gasteiger partial charge on any atom is 0.288 e. The lowest BCUT2D eigenvalue weighted by atomic mass is 10.1. The number of aliphatic hydroxyl groups is 1. The van der Waals surface area contributed by atoms with E-state index in [1.54, 1.807) is 6.07 Å². The van der Waals surface area contributed by atoms with Crippen molar-refractivity contribution in [3.8, 4) is 0 Å². The van der Waals surface area contributed by atoms with Crippen molar-refractivity contribution in [1.82, 2.24) is 5.32 Å². The lowest BCUT2D eigenvalue weighted by Crippen LogP contribution is -2.27. The van der Waals surface area contributed by atoms with Crippen LogP contribution >= 0.6 is 11.6 Å². The number of nitrogens with zero attached hydrogens (tertiary/aromatic N) is 1. The zero-order valence-electron chi connectivity index (χ0n) is 11.1. The van der Waals surface area contributed by atoms with E-state index in [0.29, 0.717) is 19.0 Å². The fraction of sp³-hybridized carbons (Fsp3) is 0.538. The molecular weight excluding hydrogens is 268 g/mol. The van der Waals surface area contributed by atoms with Crippen LogP contribution < -0.4 is 5.32 Å². The SMILES string of the molecule is CC(C)CC(O)CNCc1ccc(Cl)c([N+](=O)[O-])c1. The highest BCUT2D eigenvalue weighted by molar-refractivity contribution is 6.32. The van der Waals surface area contributed by atoms with Gasteiger partial charge >= 0.3 is 0 Å². The summed E-state index contributed by atoms with van der Waals surface area (Å²) >= 11 is 5.73. The summed E-state index contributed by atoms with van der Waals surface area (Å²) < 4.78 is 0. The van der Waals surface area contributed by atoms with Gasteiger partial charge in [-0.1, -0.05) is 31.5 Å². The fourth-order valence-corrected chi connectivity index (χ4v) is 2.01. The van der Waals surface area contributed by atoms with E-state index < -0.39 is 11.0 Å². The third-order valence-corrected chi connectivity index (χ3v) is 2.98. The van der Waals surface area contributed by atoms with Crippen LogP contribution in [0.5, 0.6) is 0 Å². The summed E-state index contributed by atoms with van der Waals surface area (Å²) in [6.07, 6.45) is 0.329. The van der Waals surface area contributed by atoms with Gasteiger partial charge in [0.1, 0.15) is 5.02 Å². The van der Waals surface area contributed by atoms with Gasteiger partial charge in [-0.15, -0.1) is 0 Å². The van der Waals surface area contributed by atoms with Crippen LogP contribution in [0.4, 0.5) is 5.69 Å². The molecule has 5 nitrogen and oxygen atoms in total. The van der Waals surface area contributed by atoms with Crippen LogP contribution in [0.2, 0.25) is 5.02 Å². The number of nitro benzene ring substituents is 1. The summed E-state index contributed by atoms with van der Waals surface area (Å²) in [5.41, 5.74) is 0.677. The summed E-state index contributed by atoms with van der Waals surface area (Å²) in [6, 6.07) is 4.70. The molecular formula is C13H19ClN2O3. The molecule has 0 spiro atoms. The van der Waals surface area contributed by atoms with Gasteiger partial charge in [0.15, 0.2) is 0 Å². The molecule has 0 fully saturated rings. The van der Waals surface area contributed by atoms with Crippen molar-refractivity contribution in [3.63, 3.8) is 0 Å². The second kappa shape index (κ2) is 7.43. The molecule has 106 valence electrons. The minimum absolute atomic E-state index is 0.0938. The molecule has 0 aliphatic carbocycles. The molecule has 1 unspecified atom stereocenters. The van der Waals surface area contributed by atoms with Gasteiger partial charge in [0.05, 0.1) is 11.0 Å². The number of halogens is 1. The van der Waals surface area contributed by atoms with Crippen LogP contribution in [0.25, 0.3) is 0 Å². The van der Waals surface area contributed by atoms with Gasteiger partial charge in [-0.05, 0) is 24.0 Å². The summed E-state index contributed by atoms with van der Waals surface area (Å²) in [7, 11) is 0. The molecule has 0 radical (unpaired) electrons. The van der Waals surface area contributed by atoms with Gasteiger partial charge in [-0.2, -0.15) is 0 Å². The van der Waals surface area contributed by atoms with Gasteiger partial charge in [0.25, 0.3) is 5.69 Å². The maximum atomic E-state index is 10.7. The number of aliphatic hydroxyl groups excluding tert-OH is 1. The van der Waals surface area contributed by atoms with Crippen molar-refractivity contribution in [2.75, 3.05) is 6.54 Å². The largest absolute Gasteiger partial charge is 0.392 e. The van der Waals surface area contributed by atoms with Crippen LogP contribution in [-0.4, -0.2) is 22.7 Å². The van der Waals surface area contributed by atoms with Crippen molar-refractivity contribution < 1.29 is 10.0 Å². The first-order chi connectivity index (χ1) is 8.90. The Morgan fingerprint density at radius 2 is 2.16 bits per heavy atom. The third kappa shape index (κ3) is 5.55. The van der Waals surface area contributed by atoms with Gasteiger partial charge in [0.2, 0.25) is 0 Å². The smallest absolute Gasteiger partial charge is 0.288 e. The molecule has 0 aromatic heterocycles. The van der Waals surface area contributed by atoms with Gasteiger partial charge in [-0.3, -0.25) is 10.1 Å². The Morgan fingerprint density at radius 1 is 1.47 bits per heavy atom. The van der Waals surface area contributed by atoms with E-state index in [0.717, 1.165) is 12.0 Å². The molecule has 0 saturated heterocycles. The van der Waals surface area contributed by atoms with Crippen molar-refractivity contribution >= 4 is 17.3 Å². The van der Waals surface area contributed by atoms with E-state index in [-0.39, 0.29) is 10.7 Å². The number of benzene rings is 1. The highest BCUT2D eigenvalue weighted by Gasteiger charge is 2.12. The molecule has 0 bridgehead atoms. The van der Waals surface area contributed by atoms with Gasteiger partial charge in [0, 0.05) is 19.2 Å². The predicted octanol–water partition coefficient (Wildman–Crippen LogP) is 2.74. The minimum Gasteiger partial charge on any atom is -0.392 e. The van der Waals surface area contributed by atoms with E-state index in [9.17, 15) is 15.2 Å². The topological polar surface area (TPSA) is 75.4 Å². The quantitative estimate of drug-likeness (QED) is 0.597. The lowest BCUT2D eigenvalue weighted by molar-refractivity contribution is -0.384. The molecule has 0 aliphatic heterocycles. The van der Waals surface area contributed by atoms with Crippen LogP contribution in [0.3, 0.4) is 0 Å². The van der Waals surface area contributed by atoms with E-state index >= 15 is 0 Å². The number of nitrogens with one attached hydrogen (secondary N) is 1. The van der Waals surface area contributed by atoms with E-state index in [2.05, 4.69) is 5.32 Å². The second-order valence-electron chi connectivity index (χ2n) is 4.96. The molecule has 1 atom stereocenters. The molecule has 6 heteroatoms. The summed E-state index contributed by atoms with van der Waals surface area (Å²) in [6.45, 7) is 5.03. The molecule has 1 aromatic rings. The third-order valence-electron chi connectivity index (χ3n) is 2.66. The number of hydrogen-bond donors (Lipinski definition) is 2. The first-order valence-electron chi connectivity index (χ1n) is 6.21. The Labute approximate surface area is 117 Å². The Kier molecular flexibility index (Phi) is 6.21. The first kappa shape index (κ1) is 15.9. The van der Waals surface area contributed by atoms with Crippen molar-refractivity contribution in [3.05, 3.63) is 38.9 Å². The van der Waals surface area contributed by atoms with E-state index in [1.807, 2.05) is 13.8 Å². The minimum atomic E-state index is -0.501. The molecule has 19 heavy (non-hydrogen) atoms. The standard InChI is InChI=1S/C13H19ClN2O3/c1-9(2)5-11(17)8-15-7-10-3-4-12(14)13(6-10)16(18)19/h3-4,6,9,11,15,17H,5,7-8H2,1-2H3. The molecule has 0 amide bonds.